The Hall–Kier alpha value is -2.36. The van der Waals surface area contributed by atoms with Crippen LogP contribution in [-0.4, -0.2) is 54.6 Å². The van der Waals surface area contributed by atoms with Crippen molar-refractivity contribution in [3.05, 3.63) is 63.4 Å². The Morgan fingerprint density at radius 2 is 1.89 bits per heavy atom. The van der Waals surface area contributed by atoms with E-state index in [2.05, 4.69) is 10.3 Å². The lowest BCUT2D eigenvalue weighted by molar-refractivity contribution is -0.195. The van der Waals surface area contributed by atoms with Gasteiger partial charge in [-0.2, -0.15) is 13.2 Å². The predicted molar refractivity (Wildman–Crippen MR) is 128 cm³/mol. The molecule has 0 bridgehead atoms. The van der Waals surface area contributed by atoms with Gasteiger partial charge in [0.05, 0.1) is 10.4 Å². The number of likely N-dealkylation sites (N-methyl/N-ethyl adjacent to an activating group) is 1. The fourth-order valence-corrected chi connectivity index (χ4v) is 4.56. The van der Waals surface area contributed by atoms with Gasteiger partial charge in [-0.15, -0.1) is 0 Å². The number of nitrogens with two attached hydrogens (primary N) is 1. The third kappa shape index (κ3) is 6.45. The van der Waals surface area contributed by atoms with Crippen LogP contribution in [-0.2, 0) is 11.2 Å². The van der Waals surface area contributed by atoms with Gasteiger partial charge in [0, 0.05) is 47.4 Å². The summed E-state index contributed by atoms with van der Waals surface area (Å²) in [6.45, 7) is 0.194. The molecule has 1 unspecified atom stereocenters. The molecule has 1 fully saturated rings. The Morgan fingerprint density at radius 3 is 2.37 bits per heavy atom. The molecule has 1 aliphatic carbocycles. The van der Waals surface area contributed by atoms with Crippen LogP contribution in [0.5, 0.6) is 0 Å². The summed E-state index contributed by atoms with van der Waals surface area (Å²) < 4.78 is 41.7. The molecule has 0 aliphatic heterocycles. The molecule has 2 aromatic rings. The predicted octanol–water partition coefficient (Wildman–Crippen LogP) is 4.59. The van der Waals surface area contributed by atoms with Gasteiger partial charge in [-0.3, -0.25) is 14.6 Å². The molecule has 0 radical (unpaired) electrons. The van der Waals surface area contributed by atoms with Crippen LogP contribution >= 0.6 is 23.2 Å². The number of halogens is 5. The van der Waals surface area contributed by atoms with Crippen molar-refractivity contribution >= 4 is 35.0 Å². The summed E-state index contributed by atoms with van der Waals surface area (Å²) in [5, 5.41) is 3.46. The van der Waals surface area contributed by atoms with Crippen LogP contribution in [0.1, 0.15) is 46.8 Å². The van der Waals surface area contributed by atoms with Crippen LogP contribution in [0.4, 0.5) is 13.2 Å². The van der Waals surface area contributed by atoms with Crippen molar-refractivity contribution in [1.29, 1.82) is 0 Å². The first-order chi connectivity index (χ1) is 16.3. The van der Waals surface area contributed by atoms with Gasteiger partial charge in [0.1, 0.15) is 0 Å². The molecule has 6 nitrogen and oxygen atoms in total. The maximum absolute atomic E-state index is 13.9. The summed E-state index contributed by atoms with van der Waals surface area (Å²) in [5.74, 6) is -2.19. The first-order valence-corrected chi connectivity index (χ1v) is 11.8. The van der Waals surface area contributed by atoms with Crippen molar-refractivity contribution < 1.29 is 22.8 Å². The van der Waals surface area contributed by atoms with Crippen LogP contribution in [0.2, 0.25) is 10.0 Å². The number of carbonyl (C=O) groups is 2. The zero-order chi connectivity index (χ0) is 26.0. The van der Waals surface area contributed by atoms with E-state index in [4.69, 9.17) is 28.9 Å². The first-order valence-electron chi connectivity index (χ1n) is 11.0. The number of nitrogens with zero attached hydrogens (tertiary/aromatic N) is 2. The minimum Gasteiger partial charge on any atom is -0.366 e. The van der Waals surface area contributed by atoms with Crippen molar-refractivity contribution in [2.75, 3.05) is 20.6 Å². The molecule has 3 rings (SSSR count). The molecule has 1 saturated carbocycles. The molecule has 1 aromatic heterocycles. The zero-order valence-electron chi connectivity index (χ0n) is 19.3. The van der Waals surface area contributed by atoms with E-state index in [1.165, 1.54) is 24.4 Å². The van der Waals surface area contributed by atoms with Crippen LogP contribution in [0.3, 0.4) is 0 Å². The highest BCUT2D eigenvalue weighted by Gasteiger charge is 2.67. The van der Waals surface area contributed by atoms with Crippen LogP contribution in [0.25, 0.3) is 0 Å². The second-order valence-corrected chi connectivity index (χ2v) is 9.95. The molecule has 0 spiro atoms. The molecule has 1 aromatic carbocycles. The molecule has 2 atom stereocenters. The third-order valence-corrected chi connectivity index (χ3v) is 7.15. The lowest BCUT2D eigenvalue weighted by Crippen LogP contribution is -2.43. The molecule has 11 heteroatoms. The summed E-state index contributed by atoms with van der Waals surface area (Å²) in [5.41, 5.74) is 4.56. The van der Waals surface area contributed by atoms with Crippen LogP contribution < -0.4 is 11.1 Å². The number of pyridine rings is 1. The highest BCUT2D eigenvalue weighted by Crippen LogP contribution is 2.65. The van der Waals surface area contributed by atoms with E-state index in [0.29, 0.717) is 16.5 Å². The maximum Gasteiger partial charge on any atom is 0.395 e. The maximum atomic E-state index is 13.9. The van der Waals surface area contributed by atoms with Crippen molar-refractivity contribution in [3.8, 4) is 0 Å². The van der Waals surface area contributed by atoms with Crippen molar-refractivity contribution in [2.45, 2.75) is 43.8 Å². The van der Waals surface area contributed by atoms with E-state index in [9.17, 15) is 22.8 Å². The smallest absolute Gasteiger partial charge is 0.366 e. The summed E-state index contributed by atoms with van der Waals surface area (Å²) in [6.07, 6.45) is -3.14. The highest BCUT2D eigenvalue weighted by molar-refractivity contribution is 6.31. The molecule has 0 saturated heterocycles. The minimum atomic E-state index is -4.45. The molecule has 1 heterocycles. The van der Waals surface area contributed by atoms with E-state index in [0.717, 1.165) is 5.56 Å². The number of benzene rings is 1. The lowest BCUT2D eigenvalue weighted by atomic mass is 9.82. The quantitative estimate of drug-likeness (QED) is 0.470. The first kappa shape index (κ1) is 27.2. The molecule has 2 amide bonds. The topological polar surface area (TPSA) is 88.3 Å². The van der Waals surface area contributed by atoms with E-state index in [-0.39, 0.29) is 43.1 Å². The van der Waals surface area contributed by atoms with Gasteiger partial charge in [0.25, 0.3) is 0 Å². The number of hydrogen-bond donors (Lipinski definition) is 2. The number of aromatic nitrogens is 1. The number of nitrogens with one attached hydrogen (secondary N) is 1. The summed E-state index contributed by atoms with van der Waals surface area (Å²) in [7, 11) is 3.65. The fraction of sp³-hybridized carbons (Fsp3) is 0.458. The minimum absolute atomic E-state index is 0.0428. The number of rotatable bonds is 10. The molecule has 190 valence electrons. The summed E-state index contributed by atoms with van der Waals surface area (Å²) in [4.78, 5) is 30.2. The average molecular weight is 531 g/mol. The SMILES string of the molecule is CN(C)[C@H](CNC(=O)CC(c1ccc(Cl)cn1)C1(C(F)(F)F)CC1)Cc1ccc(C(N)=O)cc1Cl. The Balaban J connectivity index is 1.71. The number of primary amides is 1. The summed E-state index contributed by atoms with van der Waals surface area (Å²) >= 11 is 12.2. The number of hydrogen-bond acceptors (Lipinski definition) is 4. The monoisotopic (exact) mass is 530 g/mol. The standard InChI is InChI=1S/C24H27Cl2F3N4O2/c1-33(2)17(9-14-3-4-15(22(30)35)10-19(14)26)13-32-21(34)11-18(20-6-5-16(25)12-31-20)23(7-8-23)24(27,28)29/h3-6,10,12,17-18H,7-9,11,13H2,1-2H3,(H2,30,35)(H,32,34)/t17-,18?/m0/s1. The second kappa shape index (κ2) is 10.7. The Morgan fingerprint density at radius 1 is 1.20 bits per heavy atom. The molecular weight excluding hydrogens is 504 g/mol. The zero-order valence-corrected chi connectivity index (χ0v) is 20.8. The molecule has 1 aliphatic rings. The van der Waals surface area contributed by atoms with Crippen molar-refractivity contribution in [2.24, 2.45) is 11.1 Å². The highest BCUT2D eigenvalue weighted by atomic mass is 35.5. The van der Waals surface area contributed by atoms with Crippen LogP contribution in [0.15, 0.2) is 36.5 Å². The third-order valence-electron chi connectivity index (χ3n) is 6.58. The Kier molecular flexibility index (Phi) is 8.34. The number of carbonyl (C=O) groups excluding carboxylic acids is 2. The van der Waals surface area contributed by atoms with Crippen molar-refractivity contribution in [1.82, 2.24) is 15.2 Å². The second-order valence-electron chi connectivity index (χ2n) is 9.11. The van der Waals surface area contributed by atoms with Gasteiger partial charge >= 0.3 is 6.18 Å². The molecule has 3 N–H and O–H groups in total. The number of amides is 2. The van der Waals surface area contributed by atoms with Gasteiger partial charge in [0.15, 0.2) is 0 Å². The Labute approximate surface area is 212 Å². The van der Waals surface area contributed by atoms with E-state index in [1.54, 1.807) is 12.1 Å². The van der Waals surface area contributed by atoms with Gasteiger partial charge < -0.3 is 16.0 Å². The van der Waals surface area contributed by atoms with Crippen molar-refractivity contribution in [3.63, 3.8) is 0 Å². The molecule has 35 heavy (non-hydrogen) atoms. The van der Waals surface area contributed by atoms with Gasteiger partial charge in [-0.1, -0.05) is 29.3 Å². The van der Waals surface area contributed by atoms with Gasteiger partial charge in [0.2, 0.25) is 11.8 Å². The number of alkyl halides is 3. The van der Waals surface area contributed by atoms with Crippen LogP contribution in [0, 0.1) is 5.41 Å². The van der Waals surface area contributed by atoms with E-state index < -0.39 is 29.3 Å². The summed E-state index contributed by atoms with van der Waals surface area (Å²) in [6, 6.07) is 7.50. The fourth-order valence-electron chi connectivity index (χ4n) is 4.19. The normalized spacial score (nSPS) is 16.6. The van der Waals surface area contributed by atoms with Gasteiger partial charge in [-0.25, -0.2) is 0 Å². The Bertz CT molecular complexity index is 1070. The van der Waals surface area contributed by atoms with E-state index >= 15 is 0 Å². The van der Waals surface area contributed by atoms with E-state index in [1.807, 2.05) is 19.0 Å². The molecular formula is C24H27Cl2F3N4O2. The average Bonchev–Trinajstić information content (AvgIpc) is 3.58. The largest absolute Gasteiger partial charge is 0.395 e. The lowest BCUT2D eigenvalue weighted by Gasteiger charge is -2.29. The van der Waals surface area contributed by atoms with Gasteiger partial charge in [-0.05, 0) is 63.2 Å².